The molecule has 0 heterocycles. The van der Waals surface area contributed by atoms with E-state index in [2.05, 4.69) is 26.8 Å². The largest absolute Gasteiger partial charge is 0.270 e. The fourth-order valence-electron chi connectivity index (χ4n) is 1.79. The summed E-state index contributed by atoms with van der Waals surface area (Å²) in [6, 6.07) is 12.6. The predicted octanol–water partition coefficient (Wildman–Crippen LogP) is 2.83. The number of carbonyl (C=O) groups is 2. The highest BCUT2D eigenvalue weighted by molar-refractivity contribution is 9.10. The monoisotopic (exact) mass is 389 g/mol. The zero-order chi connectivity index (χ0) is 17.5. The van der Waals surface area contributed by atoms with E-state index in [4.69, 9.17) is 0 Å². The second-order valence-corrected chi connectivity index (χ2v) is 5.46. The van der Waals surface area contributed by atoms with Crippen molar-refractivity contribution in [3.63, 3.8) is 0 Å². The molecule has 8 heteroatoms. The van der Waals surface area contributed by atoms with Crippen molar-refractivity contribution in [3.05, 3.63) is 80.3 Å². The number of nitro benzene ring substituents is 1. The lowest BCUT2D eigenvalue weighted by Gasteiger charge is -2.06. The summed E-state index contributed by atoms with van der Waals surface area (Å²) in [6.07, 6.45) is 2.58. The highest BCUT2D eigenvalue weighted by atomic mass is 79.9. The van der Waals surface area contributed by atoms with Crippen LogP contribution in [-0.2, 0) is 4.79 Å². The maximum atomic E-state index is 11.9. The van der Waals surface area contributed by atoms with Gasteiger partial charge in [-0.3, -0.25) is 30.6 Å². The Morgan fingerprint density at radius 2 is 1.83 bits per heavy atom. The summed E-state index contributed by atoms with van der Waals surface area (Å²) in [6.45, 7) is 0. The summed E-state index contributed by atoms with van der Waals surface area (Å²) in [5.41, 5.74) is 5.32. The average molecular weight is 390 g/mol. The van der Waals surface area contributed by atoms with Gasteiger partial charge in [0.2, 0.25) is 0 Å². The van der Waals surface area contributed by atoms with E-state index >= 15 is 0 Å². The lowest BCUT2D eigenvalue weighted by Crippen LogP contribution is -2.40. The van der Waals surface area contributed by atoms with E-state index in [9.17, 15) is 19.7 Å². The second kappa shape index (κ2) is 8.02. The molecule has 0 saturated carbocycles. The maximum Gasteiger partial charge on any atom is 0.270 e. The van der Waals surface area contributed by atoms with Crippen LogP contribution in [-0.4, -0.2) is 16.7 Å². The van der Waals surface area contributed by atoms with Crippen molar-refractivity contribution >= 4 is 39.5 Å². The fraction of sp³-hybridized carbons (Fsp3) is 0. The minimum absolute atomic E-state index is 0.0696. The zero-order valence-electron chi connectivity index (χ0n) is 12.2. The number of nitro groups is 1. The van der Waals surface area contributed by atoms with Crippen molar-refractivity contribution < 1.29 is 14.5 Å². The van der Waals surface area contributed by atoms with Gasteiger partial charge in [0.1, 0.15) is 0 Å². The van der Waals surface area contributed by atoms with Crippen LogP contribution in [0.1, 0.15) is 15.9 Å². The SMILES string of the molecule is O=C(/C=C/c1cccc([N+](=O)[O-])c1)NNC(=O)c1ccccc1Br. The van der Waals surface area contributed by atoms with Crippen molar-refractivity contribution in [3.8, 4) is 0 Å². The molecule has 0 aliphatic heterocycles. The summed E-state index contributed by atoms with van der Waals surface area (Å²) < 4.78 is 0.601. The summed E-state index contributed by atoms with van der Waals surface area (Å²) in [7, 11) is 0. The highest BCUT2D eigenvalue weighted by Gasteiger charge is 2.09. The number of amides is 2. The smallest absolute Gasteiger partial charge is 0.268 e. The summed E-state index contributed by atoms with van der Waals surface area (Å²) in [4.78, 5) is 33.8. The fourth-order valence-corrected chi connectivity index (χ4v) is 2.25. The summed E-state index contributed by atoms with van der Waals surface area (Å²) in [5.74, 6) is -1.04. The molecule has 24 heavy (non-hydrogen) atoms. The number of nitrogens with zero attached hydrogens (tertiary/aromatic N) is 1. The minimum atomic E-state index is -0.568. The predicted molar refractivity (Wildman–Crippen MR) is 91.9 cm³/mol. The Labute approximate surface area is 145 Å². The van der Waals surface area contributed by atoms with Gasteiger partial charge in [0.15, 0.2) is 0 Å². The van der Waals surface area contributed by atoms with Crippen molar-refractivity contribution in [2.24, 2.45) is 0 Å². The van der Waals surface area contributed by atoms with E-state index in [0.29, 0.717) is 15.6 Å². The molecule has 0 spiro atoms. The summed E-state index contributed by atoms with van der Waals surface area (Å²) in [5, 5.41) is 10.7. The van der Waals surface area contributed by atoms with Crippen LogP contribution >= 0.6 is 15.9 Å². The molecule has 0 saturated heterocycles. The van der Waals surface area contributed by atoms with E-state index in [1.807, 2.05) is 0 Å². The van der Waals surface area contributed by atoms with Gasteiger partial charge in [-0.1, -0.05) is 24.3 Å². The molecule has 0 atom stereocenters. The molecule has 7 nitrogen and oxygen atoms in total. The third-order valence-corrected chi connectivity index (χ3v) is 3.62. The van der Waals surface area contributed by atoms with Crippen LogP contribution < -0.4 is 10.9 Å². The quantitative estimate of drug-likeness (QED) is 0.476. The van der Waals surface area contributed by atoms with Crippen LogP contribution in [0.4, 0.5) is 5.69 Å². The first-order valence-electron chi connectivity index (χ1n) is 6.75. The van der Waals surface area contributed by atoms with E-state index in [0.717, 1.165) is 0 Å². The highest BCUT2D eigenvalue weighted by Crippen LogP contribution is 2.15. The Morgan fingerprint density at radius 3 is 2.54 bits per heavy atom. The molecular weight excluding hydrogens is 378 g/mol. The molecule has 2 aromatic rings. The third kappa shape index (κ3) is 4.75. The molecule has 2 rings (SSSR count). The molecule has 0 fully saturated rings. The van der Waals surface area contributed by atoms with E-state index in [1.165, 1.54) is 30.4 Å². The van der Waals surface area contributed by atoms with Gasteiger partial charge in [-0.25, -0.2) is 0 Å². The molecule has 2 aromatic carbocycles. The first-order valence-corrected chi connectivity index (χ1v) is 7.54. The zero-order valence-corrected chi connectivity index (χ0v) is 13.8. The lowest BCUT2D eigenvalue weighted by molar-refractivity contribution is -0.384. The van der Waals surface area contributed by atoms with Gasteiger partial charge in [0.05, 0.1) is 10.5 Å². The van der Waals surface area contributed by atoms with Crippen molar-refractivity contribution in [1.82, 2.24) is 10.9 Å². The van der Waals surface area contributed by atoms with Gasteiger partial charge in [-0.2, -0.15) is 0 Å². The number of hydrazine groups is 1. The number of halogens is 1. The number of hydrogen-bond acceptors (Lipinski definition) is 4. The molecule has 0 aromatic heterocycles. The molecule has 2 amide bonds. The molecule has 0 bridgehead atoms. The number of hydrogen-bond donors (Lipinski definition) is 2. The van der Waals surface area contributed by atoms with Crippen molar-refractivity contribution in [2.45, 2.75) is 0 Å². The number of benzene rings is 2. The number of carbonyl (C=O) groups excluding carboxylic acids is 2. The minimum Gasteiger partial charge on any atom is -0.268 e. The second-order valence-electron chi connectivity index (χ2n) is 4.61. The van der Waals surface area contributed by atoms with Crippen LogP contribution in [0.2, 0.25) is 0 Å². The first-order chi connectivity index (χ1) is 11.5. The van der Waals surface area contributed by atoms with Gasteiger partial charge in [0, 0.05) is 22.7 Å². The van der Waals surface area contributed by atoms with Gasteiger partial charge in [0.25, 0.3) is 17.5 Å². The van der Waals surface area contributed by atoms with Crippen molar-refractivity contribution in [2.75, 3.05) is 0 Å². The topological polar surface area (TPSA) is 101 Å². The molecule has 0 aliphatic rings. The van der Waals surface area contributed by atoms with Crippen LogP contribution in [0.25, 0.3) is 6.08 Å². The lowest BCUT2D eigenvalue weighted by atomic mass is 10.2. The van der Waals surface area contributed by atoms with Gasteiger partial charge >= 0.3 is 0 Å². The molecule has 2 N–H and O–H groups in total. The number of rotatable bonds is 4. The third-order valence-electron chi connectivity index (χ3n) is 2.93. The summed E-state index contributed by atoms with van der Waals surface area (Å²) >= 11 is 3.24. The van der Waals surface area contributed by atoms with E-state index in [1.54, 1.807) is 30.3 Å². The van der Waals surface area contributed by atoms with Gasteiger partial charge in [-0.05, 0) is 39.7 Å². The Morgan fingerprint density at radius 1 is 1.08 bits per heavy atom. The Kier molecular flexibility index (Phi) is 5.80. The van der Waals surface area contributed by atoms with Crippen LogP contribution in [0.5, 0.6) is 0 Å². The van der Waals surface area contributed by atoms with Crippen LogP contribution in [0.3, 0.4) is 0 Å². The molecule has 0 radical (unpaired) electrons. The molecule has 0 aliphatic carbocycles. The van der Waals surface area contributed by atoms with Gasteiger partial charge in [-0.15, -0.1) is 0 Å². The normalized spacial score (nSPS) is 10.4. The Balaban J connectivity index is 1.94. The molecule has 122 valence electrons. The van der Waals surface area contributed by atoms with E-state index < -0.39 is 16.7 Å². The number of non-ortho nitro benzene ring substituents is 1. The maximum absolute atomic E-state index is 11.9. The van der Waals surface area contributed by atoms with Gasteiger partial charge < -0.3 is 0 Å². The van der Waals surface area contributed by atoms with Crippen LogP contribution in [0, 0.1) is 10.1 Å². The van der Waals surface area contributed by atoms with Crippen LogP contribution in [0.15, 0.2) is 59.1 Å². The Bertz CT molecular complexity index is 820. The average Bonchev–Trinajstić information content (AvgIpc) is 2.58. The molecular formula is C16H12BrN3O4. The standard InChI is InChI=1S/C16H12BrN3O4/c17-14-7-2-1-6-13(14)16(22)19-18-15(21)9-8-11-4-3-5-12(10-11)20(23)24/h1-10H,(H,18,21)(H,19,22)/b9-8+. The molecule has 0 unspecified atom stereocenters. The van der Waals surface area contributed by atoms with E-state index in [-0.39, 0.29) is 5.69 Å². The Hall–Kier alpha value is -3.00. The van der Waals surface area contributed by atoms with Crippen molar-refractivity contribution in [1.29, 1.82) is 0 Å². The first kappa shape index (κ1) is 17.4. The number of nitrogens with one attached hydrogen (secondary N) is 2.